The number of carbonyl (C=O) groups excluding carboxylic acids is 2. The maximum atomic E-state index is 12.8. The zero-order chi connectivity index (χ0) is 22.0. The van der Waals surface area contributed by atoms with E-state index >= 15 is 0 Å². The van der Waals surface area contributed by atoms with Crippen molar-refractivity contribution in [1.29, 1.82) is 5.26 Å². The molecule has 0 bridgehead atoms. The van der Waals surface area contributed by atoms with Crippen LogP contribution in [-0.2, 0) is 6.42 Å². The maximum absolute atomic E-state index is 12.8. The van der Waals surface area contributed by atoms with Crippen molar-refractivity contribution in [2.75, 3.05) is 5.32 Å². The number of nitrogens with one attached hydrogen (secondary N) is 1. The summed E-state index contributed by atoms with van der Waals surface area (Å²) in [4.78, 5) is 33.6. The summed E-state index contributed by atoms with van der Waals surface area (Å²) >= 11 is 1.37. The lowest BCUT2D eigenvalue weighted by atomic mass is 10.1. The molecule has 0 spiro atoms. The van der Waals surface area contributed by atoms with E-state index in [0.29, 0.717) is 33.6 Å². The largest absolute Gasteiger partial charge is 0.366 e. The standard InChI is InChI=1S/C23H17N5O2S/c1-13-23(31-20(26-13)10-14-6-8-15(12-24)9-7-14)28-22(30)19-11-17(21(25)29)16-4-2-3-5-18(16)27-19/h2-9,11H,10H2,1H3,(H2,25,29)(H,28,30). The Balaban J connectivity index is 1.57. The SMILES string of the molecule is Cc1nc(Cc2ccc(C#N)cc2)sc1NC(=O)c1cc(C(N)=O)c2ccccc2n1. The van der Waals surface area contributed by atoms with Crippen LogP contribution in [-0.4, -0.2) is 21.8 Å². The van der Waals surface area contributed by atoms with Gasteiger partial charge in [-0.15, -0.1) is 11.3 Å². The first kappa shape index (κ1) is 20.2. The summed E-state index contributed by atoms with van der Waals surface area (Å²) in [5, 5.41) is 13.8. The fraction of sp³-hybridized carbons (Fsp3) is 0.0870. The van der Waals surface area contributed by atoms with Gasteiger partial charge in [0.2, 0.25) is 5.91 Å². The van der Waals surface area contributed by atoms with Gasteiger partial charge in [-0.05, 0) is 36.8 Å². The molecule has 0 saturated carbocycles. The highest BCUT2D eigenvalue weighted by molar-refractivity contribution is 7.16. The average molecular weight is 427 g/mol. The van der Waals surface area contributed by atoms with E-state index in [9.17, 15) is 9.59 Å². The molecule has 0 saturated heterocycles. The molecule has 2 heterocycles. The number of nitriles is 1. The third-order valence-electron chi connectivity index (χ3n) is 4.72. The van der Waals surface area contributed by atoms with Crippen LogP contribution in [0, 0.1) is 18.3 Å². The van der Waals surface area contributed by atoms with Gasteiger partial charge < -0.3 is 11.1 Å². The molecule has 31 heavy (non-hydrogen) atoms. The average Bonchev–Trinajstić information content (AvgIpc) is 3.11. The van der Waals surface area contributed by atoms with Gasteiger partial charge in [-0.1, -0.05) is 30.3 Å². The quantitative estimate of drug-likeness (QED) is 0.501. The smallest absolute Gasteiger partial charge is 0.274 e. The number of hydrogen-bond acceptors (Lipinski definition) is 6. The van der Waals surface area contributed by atoms with Crippen LogP contribution in [0.25, 0.3) is 10.9 Å². The lowest BCUT2D eigenvalue weighted by Gasteiger charge is -2.07. The molecule has 8 heteroatoms. The predicted octanol–water partition coefficient (Wildman–Crippen LogP) is 3.81. The third-order valence-corrected chi connectivity index (χ3v) is 5.79. The molecule has 0 aliphatic carbocycles. The highest BCUT2D eigenvalue weighted by Crippen LogP contribution is 2.27. The van der Waals surface area contributed by atoms with E-state index in [-0.39, 0.29) is 11.3 Å². The topological polar surface area (TPSA) is 122 Å². The van der Waals surface area contributed by atoms with E-state index in [1.54, 1.807) is 36.4 Å². The van der Waals surface area contributed by atoms with Crippen molar-refractivity contribution in [2.45, 2.75) is 13.3 Å². The van der Waals surface area contributed by atoms with Crippen LogP contribution in [0.4, 0.5) is 5.00 Å². The van der Waals surface area contributed by atoms with Gasteiger partial charge in [0.25, 0.3) is 5.91 Å². The number of aryl methyl sites for hydroxylation is 1. The maximum Gasteiger partial charge on any atom is 0.274 e. The molecule has 3 N–H and O–H groups in total. The number of nitrogens with zero attached hydrogens (tertiary/aromatic N) is 3. The van der Waals surface area contributed by atoms with Crippen molar-refractivity contribution in [3.05, 3.63) is 87.7 Å². The second-order valence-electron chi connectivity index (χ2n) is 6.90. The van der Waals surface area contributed by atoms with Gasteiger partial charge in [0.05, 0.1) is 33.4 Å². The number of benzene rings is 2. The van der Waals surface area contributed by atoms with Crippen molar-refractivity contribution in [2.24, 2.45) is 5.73 Å². The van der Waals surface area contributed by atoms with Crippen LogP contribution in [0.1, 0.15) is 42.7 Å². The van der Waals surface area contributed by atoms with Crippen LogP contribution in [0.15, 0.2) is 54.6 Å². The molecular formula is C23H17N5O2S. The number of para-hydroxylation sites is 1. The van der Waals surface area contributed by atoms with Gasteiger partial charge in [0.1, 0.15) is 10.7 Å². The van der Waals surface area contributed by atoms with Crippen molar-refractivity contribution in [3.8, 4) is 6.07 Å². The normalized spacial score (nSPS) is 10.6. The monoisotopic (exact) mass is 427 g/mol. The highest BCUT2D eigenvalue weighted by atomic mass is 32.1. The second kappa shape index (κ2) is 8.34. The molecule has 2 aromatic carbocycles. The fourth-order valence-electron chi connectivity index (χ4n) is 3.18. The predicted molar refractivity (Wildman–Crippen MR) is 119 cm³/mol. The molecule has 4 rings (SSSR count). The minimum absolute atomic E-state index is 0.106. The summed E-state index contributed by atoms with van der Waals surface area (Å²) in [6.45, 7) is 1.82. The fourth-order valence-corrected chi connectivity index (χ4v) is 4.17. The van der Waals surface area contributed by atoms with Crippen molar-refractivity contribution < 1.29 is 9.59 Å². The Morgan fingerprint density at radius 2 is 1.87 bits per heavy atom. The summed E-state index contributed by atoms with van der Waals surface area (Å²) in [5.74, 6) is -1.06. The Kier molecular flexibility index (Phi) is 5.43. The minimum atomic E-state index is -0.619. The molecule has 152 valence electrons. The van der Waals surface area contributed by atoms with E-state index in [4.69, 9.17) is 11.0 Å². The molecule has 2 aromatic heterocycles. The second-order valence-corrected chi connectivity index (χ2v) is 7.98. The number of fused-ring (bicyclic) bond motifs is 1. The Hall–Kier alpha value is -4.09. The number of thiazole rings is 1. The lowest BCUT2D eigenvalue weighted by Crippen LogP contribution is -2.17. The zero-order valence-electron chi connectivity index (χ0n) is 16.5. The molecular weight excluding hydrogens is 410 g/mol. The van der Waals surface area contributed by atoms with Gasteiger partial charge in [0, 0.05) is 11.8 Å². The first-order chi connectivity index (χ1) is 14.9. The number of carbonyl (C=O) groups is 2. The molecule has 0 aliphatic rings. The van der Waals surface area contributed by atoms with E-state index < -0.39 is 11.8 Å². The number of hydrogen-bond donors (Lipinski definition) is 2. The molecule has 7 nitrogen and oxygen atoms in total. The van der Waals surface area contributed by atoms with E-state index in [1.807, 2.05) is 19.1 Å². The number of nitrogens with two attached hydrogens (primary N) is 1. The summed E-state index contributed by atoms with van der Waals surface area (Å²) < 4.78 is 0. The molecule has 0 fully saturated rings. The Labute approximate surface area is 182 Å². The number of primary amides is 1. The number of rotatable bonds is 5. The van der Waals surface area contributed by atoms with Crippen LogP contribution in [0.5, 0.6) is 0 Å². The van der Waals surface area contributed by atoms with Crippen LogP contribution in [0.2, 0.25) is 0 Å². The lowest BCUT2D eigenvalue weighted by molar-refractivity contribution is 0.100. The molecule has 0 radical (unpaired) electrons. The molecule has 0 unspecified atom stereocenters. The van der Waals surface area contributed by atoms with Gasteiger partial charge in [0.15, 0.2) is 0 Å². The van der Waals surface area contributed by atoms with Crippen molar-refractivity contribution in [3.63, 3.8) is 0 Å². The number of pyridine rings is 1. The van der Waals surface area contributed by atoms with Gasteiger partial charge >= 0.3 is 0 Å². The summed E-state index contributed by atoms with van der Waals surface area (Å²) in [7, 11) is 0. The molecule has 0 atom stereocenters. The summed E-state index contributed by atoms with van der Waals surface area (Å²) in [6.07, 6.45) is 0.590. The minimum Gasteiger partial charge on any atom is -0.366 e. The first-order valence-corrected chi connectivity index (χ1v) is 10.2. The van der Waals surface area contributed by atoms with Gasteiger partial charge in [-0.2, -0.15) is 5.26 Å². The summed E-state index contributed by atoms with van der Waals surface area (Å²) in [6, 6.07) is 17.8. The van der Waals surface area contributed by atoms with E-state index in [2.05, 4.69) is 21.4 Å². The van der Waals surface area contributed by atoms with E-state index in [0.717, 1.165) is 10.6 Å². The molecule has 2 amide bonds. The Morgan fingerprint density at radius 3 is 2.58 bits per heavy atom. The van der Waals surface area contributed by atoms with E-state index in [1.165, 1.54) is 17.4 Å². The number of aromatic nitrogens is 2. The molecule has 4 aromatic rings. The van der Waals surface area contributed by atoms with Gasteiger partial charge in [-0.3, -0.25) is 9.59 Å². The van der Waals surface area contributed by atoms with Gasteiger partial charge in [-0.25, -0.2) is 9.97 Å². The Bertz CT molecular complexity index is 1350. The summed E-state index contributed by atoms with van der Waals surface area (Å²) in [5.41, 5.74) is 8.69. The molecule has 0 aliphatic heterocycles. The highest BCUT2D eigenvalue weighted by Gasteiger charge is 2.17. The van der Waals surface area contributed by atoms with Crippen LogP contribution in [0.3, 0.4) is 0 Å². The third kappa shape index (κ3) is 4.27. The number of amides is 2. The van der Waals surface area contributed by atoms with Crippen molar-refractivity contribution >= 4 is 39.1 Å². The van der Waals surface area contributed by atoms with Crippen LogP contribution >= 0.6 is 11.3 Å². The number of anilines is 1. The first-order valence-electron chi connectivity index (χ1n) is 9.41. The van der Waals surface area contributed by atoms with Crippen molar-refractivity contribution in [1.82, 2.24) is 9.97 Å². The van der Waals surface area contributed by atoms with Crippen LogP contribution < -0.4 is 11.1 Å². The Morgan fingerprint density at radius 1 is 1.13 bits per heavy atom. The zero-order valence-corrected chi connectivity index (χ0v) is 17.4.